The Kier molecular flexibility index (Phi) is 4.14. The molecule has 0 spiro atoms. The summed E-state index contributed by atoms with van der Waals surface area (Å²) in [4.78, 5) is 0. The molecule has 0 aliphatic heterocycles. The number of para-hydroxylation sites is 1. The molecule has 0 fully saturated rings. The molecule has 1 aromatic rings. The first-order valence-corrected chi connectivity index (χ1v) is 6.20. The van der Waals surface area contributed by atoms with E-state index < -0.39 is 7.32 Å². The third-order valence-corrected chi connectivity index (χ3v) is 2.85. The van der Waals surface area contributed by atoms with Crippen molar-refractivity contribution < 1.29 is 14.7 Å². The van der Waals surface area contributed by atoms with Gasteiger partial charge in [0.25, 0.3) is 0 Å². The summed E-state index contributed by atoms with van der Waals surface area (Å²) in [6.07, 6.45) is 0. The first kappa shape index (κ1) is 15.1. The highest BCUT2D eigenvalue weighted by molar-refractivity contribution is 6.33. The second kappa shape index (κ2) is 4.94. The second-order valence-corrected chi connectivity index (χ2v) is 6.63. The summed E-state index contributed by atoms with van der Waals surface area (Å²) < 4.78 is 5.24. The number of hydrogen-bond acceptors (Lipinski definition) is 3. The Labute approximate surface area is 110 Å². The van der Waals surface area contributed by atoms with Crippen molar-refractivity contribution in [2.24, 2.45) is 0 Å². The molecule has 100 valence electrons. The van der Waals surface area contributed by atoms with Crippen LogP contribution in [0, 0.1) is 0 Å². The van der Waals surface area contributed by atoms with Crippen LogP contribution in [-0.4, -0.2) is 17.4 Å². The van der Waals surface area contributed by atoms with E-state index in [1.807, 2.05) is 18.2 Å². The highest BCUT2D eigenvalue weighted by Crippen LogP contribution is 2.39. The zero-order valence-electron chi connectivity index (χ0n) is 12.1. The molecule has 0 bridgehead atoms. The van der Waals surface area contributed by atoms with Crippen molar-refractivity contribution in [3.05, 3.63) is 29.3 Å². The molecule has 0 saturated heterocycles. The Bertz CT molecular complexity index is 382. The van der Waals surface area contributed by atoms with Gasteiger partial charge in [0.15, 0.2) is 0 Å². The molecule has 0 radical (unpaired) electrons. The summed E-state index contributed by atoms with van der Waals surface area (Å²) in [5.74, 6) is 0.576. The summed E-state index contributed by atoms with van der Waals surface area (Å²) >= 11 is 0. The lowest BCUT2D eigenvalue weighted by Gasteiger charge is -2.29. The Morgan fingerprint density at radius 3 is 1.56 bits per heavy atom. The van der Waals surface area contributed by atoms with Gasteiger partial charge in [-0.3, -0.25) is 0 Å². The van der Waals surface area contributed by atoms with Crippen LogP contribution in [0.25, 0.3) is 0 Å². The average molecular weight is 250 g/mol. The molecule has 0 aliphatic carbocycles. The molecular formula is C14H23BO3. The van der Waals surface area contributed by atoms with Crippen molar-refractivity contribution in [3.63, 3.8) is 0 Å². The van der Waals surface area contributed by atoms with Crippen LogP contribution < -0.4 is 4.65 Å². The van der Waals surface area contributed by atoms with E-state index in [0.29, 0.717) is 5.75 Å². The predicted octanol–water partition coefficient (Wildman–Crippen LogP) is 2.63. The highest BCUT2D eigenvalue weighted by atomic mass is 16.6. The Balaban J connectivity index is 3.45. The monoisotopic (exact) mass is 250 g/mol. The van der Waals surface area contributed by atoms with E-state index in [1.54, 1.807) is 0 Å². The number of hydrogen-bond donors (Lipinski definition) is 2. The van der Waals surface area contributed by atoms with Crippen LogP contribution in [0.2, 0.25) is 0 Å². The SMILES string of the molecule is CC(C)(C)c1cccc(C(C)(C)C)c1OB(O)O. The molecular weight excluding hydrogens is 227 g/mol. The van der Waals surface area contributed by atoms with Crippen LogP contribution in [0.1, 0.15) is 52.7 Å². The van der Waals surface area contributed by atoms with Gasteiger partial charge in [0, 0.05) is 0 Å². The molecule has 4 heteroatoms. The van der Waals surface area contributed by atoms with E-state index in [9.17, 15) is 0 Å². The maximum Gasteiger partial charge on any atom is 0.707 e. The Hall–Kier alpha value is -0.995. The summed E-state index contributed by atoms with van der Waals surface area (Å²) in [7, 11) is -1.80. The molecule has 0 amide bonds. The van der Waals surface area contributed by atoms with E-state index in [-0.39, 0.29) is 10.8 Å². The predicted molar refractivity (Wildman–Crippen MR) is 74.7 cm³/mol. The molecule has 0 saturated carbocycles. The minimum Gasteiger partial charge on any atom is -0.512 e. The van der Waals surface area contributed by atoms with Gasteiger partial charge in [-0.05, 0) is 22.0 Å². The molecule has 0 atom stereocenters. The molecule has 1 aromatic carbocycles. The Morgan fingerprint density at radius 1 is 0.889 bits per heavy atom. The van der Waals surface area contributed by atoms with E-state index in [0.717, 1.165) is 11.1 Å². The standard InChI is InChI=1S/C14H23BO3/c1-13(2,3)10-8-7-9-11(14(4,5)6)12(10)18-15(16)17/h7-9,16-17H,1-6H3. The first-order chi connectivity index (χ1) is 8.03. The van der Waals surface area contributed by atoms with E-state index in [1.165, 1.54) is 0 Å². The zero-order valence-corrected chi connectivity index (χ0v) is 12.1. The fourth-order valence-electron chi connectivity index (χ4n) is 1.95. The third-order valence-electron chi connectivity index (χ3n) is 2.85. The van der Waals surface area contributed by atoms with Gasteiger partial charge in [0.1, 0.15) is 5.75 Å². The summed E-state index contributed by atoms with van der Waals surface area (Å²) in [5, 5.41) is 18.2. The van der Waals surface area contributed by atoms with Crippen LogP contribution in [0.3, 0.4) is 0 Å². The van der Waals surface area contributed by atoms with Crippen LogP contribution in [0.5, 0.6) is 5.75 Å². The van der Waals surface area contributed by atoms with Gasteiger partial charge in [0.05, 0.1) is 0 Å². The number of rotatable bonds is 2. The smallest absolute Gasteiger partial charge is 0.512 e. The fourth-order valence-corrected chi connectivity index (χ4v) is 1.95. The normalized spacial score (nSPS) is 12.4. The molecule has 0 heterocycles. The molecule has 2 N–H and O–H groups in total. The van der Waals surface area contributed by atoms with Gasteiger partial charge in [0.2, 0.25) is 0 Å². The van der Waals surface area contributed by atoms with Crippen molar-refractivity contribution >= 4 is 7.32 Å². The minimum atomic E-state index is -1.80. The first-order valence-electron chi connectivity index (χ1n) is 6.20. The fraction of sp³-hybridized carbons (Fsp3) is 0.571. The van der Waals surface area contributed by atoms with Crippen molar-refractivity contribution in [3.8, 4) is 5.75 Å². The van der Waals surface area contributed by atoms with Crippen LogP contribution >= 0.6 is 0 Å². The maximum absolute atomic E-state index is 9.12. The topological polar surface area (TPSA) is 49.7 Å². The van der Waals surface area contributed by atoms with Gasteiger partial charge < -0.3 is 14.7 Å². The second-order valence-electron chi connectivity index (χ2n) is 6.63. The lowest BCUT2D eigenvalue weighted by molar-refractivity contribution is 0.281. The van der Waals surface area contributed by atoms with E-state index in [4.69, 9.17) is 14.7 Å². The van der Waals surface area contributed by atoms with Crippen LogP contribution in [0.4, 0.5) is 0 Å². The molecule has 18 heavy (non-hydrogen) atoms. The van der Waals surface area contributed by atoms with Crippen molar-refractivity contribution in [1.82, 2.24) is 0 Å². The summed E-state index contributed by atoms with van der Waals surface area (Å²) in [6.45, 7) is 12.4. The van der Waals surface area contributed by atoms with Gasteiger partial charge in [-0.2, -0.15) is 0 Å². The molecule has 0 unspecified atom stereocenters. The quantitative estimate of drug-likeness (QED) is 0.793. The lowest BCUT2D eigenvalue weighted by Crippen LogP contribution is -2.26. The van der Waals surface area contributed by atoms with Crippen molar-refractivity contribution in [2.75, 3.05) is 0 Å². The average Bonchev–Trinajstić information content (AvgIpc) is 2.13. The van der Waals surface area contributed by atoms with Gasteiger partial charge >= 0.3 is 7.32 Å². The van der Waals surface area contributed by atoms with Gasteiger partial charge in [-0.1, -0.05) is 59.7 Å². The lowest BCUT2D eigenvalue weighted by atomic mass is 9.79. The van der Waals surface area contributed by atoms with Crippen LogP contribution in [0.15, 0.2) is 18.2 Å². The molecule has 1 rings (SSSR count). The highest BCUT2D eigenvalue weighted by Gasteiger charge is 2.28. The molecule has 0 aliphatic rings. The largest absolute Gasteiger partial charge is 0.707 e. The number of benzene rings is 1. The van der Waals surface area contributed by atoms with Crippen molar-refractivity contribution in [2.45, 2.75) is 52.4 Å². The van der Waals surface area contributed by atoms with Crippen molar-refractivity contribution in [1.29, 1.82) is 0 Å². The van der Waals surface area contributed by atoms with Crippen LogP contribution in [-0.2, 0) is 10.8 Å². The maximum atomic E-state index is 9.12. The van der Waals surface area contributed by atoms with E-state index >= 15 is 0 Å². The Morgan fingerprint density at radius 2 is 1.28 bits per heavy atom. The van der Waals surface area contributed by atoms with Gasteiger partial charge in [-0.25, -0.2) is 0 Å². The zero-order chi connectivity index (χ0) is 14.1. The summed E-state index contributed by atoms with van der Waals surface area (Å²) in [6, 6.07) is 5.91. The van der Waals surface area contributed by atoms with Gasteiger partial charge in [-0.15, -0.1) is 0 Å². The third kappa shape index (κ3) is 3.50. The minimum absolute atomic E-state index is 0.120. The van der Waals surface area contributed by atoms with E-state index in [2.05, 4.69) is 41.5 Å². The molecule has 3 nitrogen and oxygen atoms in total. The summed E-state index contributed by atoms with van der Waals surface area (Å²) in [5.41, 5.74) is 1.71. The molecule has 0 aromatic heterocycles.